The predicted molar refractivity (Wildman–Crippen MR) is 66.2 cm³/mol. The van der Waals surface area contributed by atoms with Crippen molar-refractivity contribution in [2.75, 3.05) is 18.0 Å². The van der Waals surface area contributed by atoms with Gasteiger partial charge in [0.2, 0.25) is 5.91 Å². The zero-order valence-electron chi connectivity index (χ0n) is 9.94. The van der Waals surface area contributed by atoms with Crippen molar-refractivity contribution in [3.63, 3.8) is 0 Å². The number of nitrogens with one attached hydrogen (secondary N) is 1. The average Bonchev–Trinajstić information content (AvgIpc) is 2.30. The van der Waals surface area contributed by atoms with Crippen LogP contribution in [0.4, 0.5) is 10.1 Å². The van der Waals surface area contributed by atoms with Crippen LogP contribution in [0.25, 0.3) is 0 Å². The fourth-order valence-corrected chi connectivity index (χ4v) is 2.58. The Bertz CT molecular complexity index is 543. The van der Waals surface area contributed by atoms with Gasteiger partial charge in [-0.25, -0.2) is 12.8 Å². The lowest BCUT2D eigenvalue weighted by atomic mass is 10.3. The van der Waals surface area contributed by atoms with Crippen molar-refractivity contribution in [2.45, 2.75) is 18.2 Å². The van der Waals surface area contributed by atoms with Crippen molar-refractivity contribution < 1.29 is 17.6 Å². The second kappa shape index (κ2) is 5.81. The summed E-state index contributed by atoms with van der Waals surface area (Å²) in [4.78, 5) is 11.0. The first-order valence-electron chi connectivity index (χ1n) is 5.41. The average molecular weight is 274 g/mol. The standard InChI is InChI=1S/C11H15FN2O3S/c1-2-14-11(15)5-6-18(16,17)8-3-4-10(13)9(12)7-8/h3-4,7H,2,5-6,13H2,1H3,(H,14,15). The van der Waals surface area contributed by atoms with Crippen LogP contribution in [-0.4, -0.2) is 26.6 Å². The Morgan fingerprint density at radius 2 is 2.11 bits per heavy atom. The van der Waals surface area contributed by atoms with E-state index < -0.39 is 15.7 Å². The first-order valence-corrected chi connectivity index (χ1v) is 7.06. The number of hydrogen-bond donors (Lipinski definition) is 2. The van der Waals surface area contributed by atoms with Gasteiger partial charge in [-0.15, -0.1) is 0 Å². The van der Waals surface area contributed by atoms with E-state index in [9.17, 15) is 17.6 Å². The number of carbonyl (C=O) groups excluding carboxylic acids is 1. The Hall–Kier alpha value is -1.63. The highest BCUT2D eigenvalue weighted by Gasteiger charge is 2.17. The van der Waals surface area contributed by atoms with Crippen LogP contribution in [0.1, 0.15) is 13.3 Å². The van der Waals surface area contributed by atoms with Crippen molar-refractivity contribution in [1.29, 1.82) is 0 Å². The summed E-state index contributed by atoms with van der Waals surface area (Å²) < 4.78 is 36.8. The Morgan fingerprint density at radius 1 is 1.44 bits per heavy atom. The molecular formula is C11H15FN2O3S. The lowest BCUT2D eigenvalue weighted by Crippen LogP contribution is -2.25. The maximum atomic E-state index is 13.2. The predicted octanol–water partition coefficient (Wildman–Crippen LogP) is 0.708. The number of anilines is 1. The van der Waals surface area contributed by atoms with Gasteiger partial charge in [0, 0.05) is 13.0 Å². The fraction of sp³-hybridized carbons (Fsp3) is 0.364. The number of hydrogen-bond acceptors (Lipinski definition) is 4. The van der Waals surface area contributed by atoms with Gasteiger partial charge in [0.05, 0.1) is 16.3 Å². The van der Waals surface area contributed by atoms with E-state index >= 15 is 0 Å². The minimum atomic E-state index is -3.67. The summed E-state index contributed by atoms with van der Waals surface area (Å²) in [5.41, 5.74) is 5.15. The molecule has 0 aliphatic rings. The summed E-state index contributed by atoms with van der Waals surface area (Å²) in [5.74, 6) is -1.49. The highest BCUT2D eigenvalue weighted by atomic mass is 32.2. The lowest BCUT2D eigenvalue weighted by molar-refractivity contribution is -0.120. The monoisotopic (exact) mass is 274 g/mol. The molecule has 0 unspecified atom stereocenters. The van der Waals surface area contributed by atoms with Crippen molar-refractivity contribution in [3.05, 3.63) is 24.0 Å². The number of carbonyl (C=O) groups is 1. The molecule has 5 nitrogen and oxygen atoms in total. The number of halogens is 1. The summed E-state index contributed by atoms with van der Waals surface area (Å²) in [5, 5.41) is 2.49. The van der Waals surface area contributed by atoms with Crippen molar-refractivity contribution in [3.8, 4) is 0 Å². The Balaban J connectivity index is 2.80. The highest BCUT2D eigenvalue weighted by Crippen LogP contribution is 2.17. The Morgan fingerprint density at radius 3 is 2.67 bits per heavy atom. The second-order valence-corrected chi connectivity index (χ2v) is 5.81. The van der Waals surface area contributed by atoms with Crippen LogP contribution in [0.5, 0.6) is 0 Å². The molecule has 0 heterocycles. The fourth-order valence-electron chi connectivity index (χ4n) is 1.33. The molecule has 0 spiro atoms. The van der Waals surface area contributed by atoms with Gasteiger partial charge < -0.3 is 11.1 Å². The van der Waals surface area contributed by atoms with Crippen molar-refractivity contribution in [1.82, 2.24) is 5.32 Å². The normalized spacial score (nSPS) is 11.2. The van der Waals surface area contributed by atoms with E-state index in [0.717, 1.165) is 6.07 Å². The number of nitrogens with two attached hydrogens (primary N) is 1. The first-order chi connectivity index (χ1) is 8.36. The highest BCUT2D eigenvalue weighted by molar-refractivity contribution is 7.91. The topological polar surface area (TPSA) is 89.3 Å². The zero-order chi connectivity index (χ0) is 13.8. The Labute approximate surface area is 105 Å². The maximum Gasteiger partial charge on any atom is 0.221 e. The zero-order valence-corrected chi connectivity index (χ0v) is 10.8. The minimum Gasteiger partial charge on any atom is -0.396 e. The molecule has 0 aromatic heterocycles. The van der Waals surface area contributed by atoms with Gasteiger partial charge in [0.1, 0.15) is 5.82 Å². The van der Waals surface area contributed by atoms with Crippen LogP contribution in [0, 0.1) is 5.82 Å². The van der Waals surface area contributed by atoms with E-state index in [1.54, 1.807) is 6.92 Å². The molecule has 1 aromatic rings. The molecule has 0 aliphatic heterocycles. The summed E-state index contributed by atoms with van der Waals surface area (Å²) in [7, 11) is -3.67. The second-order valence-electron chi connectivity index (χ2n) is 3.71. The SMILES string of the molecule is CCNC(=O)CCS(=O)(=O)c1ccc(N)c(F)c1. The molecule has 100 valence electrons. The number of sulfone groups is 1. The van der Waals surface area contributed by atoms with Gasteiger partial charge >= 0.3 is 0 Å². The van der Waals surface area contributed by atoms with E-state index in [2.05, 4.69) is 5.32 Å². The summed E-state index contributed by atoms with van der Waals surface area (Å²) in [6.45, 7) is 2.18. The molecule has 0 radical (unpaired) electrons. The van der Waals surface area contributed by atoms with Crippen LogP contribution in [0.15, 0.2) is 23.1 Å². The van der Waals surface area contributed by atoms with Gasteiger partial charge in [-0.1, -0.05) is 0 Å². The quantitative estimate of drug-likeness (QED) is 0.774. The van der Waals surface area contributed by atoms with Gasteiger partial charge in [-0.2, -0.15) is 0 Å². The summed E-state index contributed by atoms with van der Waals surface area (Å²) >= 11 is 0. The molecule has 7 heteroatoms. The maximum absolute atomic E-state index is 13.2. The van der Waals surface area contributed by atoms with Crippen molar-refractivity contribution >= 4 is 21.4 Å². The molecule has 0 aliphatic carbocycles. The number of amides is 1. The largest absolute Gasteiger partial charge is 0.396 e. The molecule has 0 saturated carbocycles. The van der Waals surface area contributed by atoms with Crippen molar-refractivity contribution in [2.24, 2.45) is 0 Å². The molecule has 3 N–H and O–H groups in total. The van der Waals surface area contributed by atoms with Gasteiger partial charge in [-0.3, -0.25) is 4.79 Å². The molecule has 0 fully saturated rings. The van der Waals surface area contributed by atoms with Gasteiger partial charge in [-0.05, 0) is 25.1 Å². The van der Waals surface area contributed by atoms with E-state index in [4.69, 9.17) is 5.73 Å². The summed E-state index contributed by atoms with van der Waals surface area (Å²) in [6.07, 6.45) is -0.151. The lowest BCUT2D eigenvalue weighted by Gasteiger charge is -2.06. The van der Waals surface area contributed by atoms with E-state index in [1.807, 2.05) is 0 Å². The van der Waals surface area contributed by atoms with E-state index in [-0.39, 0.29) is 28.7 Å². The van der Waals surface area contributed by atoms with Crippen LogP contribution >= 0.6 is 0 Å². The molecule has 18 heavy (non-hydrogen) atoms. The third-order valence-corrected chi connectivity index (χ3v) is 4.02. The van der Waals surface area contributed by atoms with Crippen LogP contribution in [-0.2, 0) is 14.6 Å². The van der Waals surface area contributed by atoms with Crippen LogP contribution < -0.4 is 11.1 Å². The van der Waals surface area contributed by atoms with E-state index in [0.29, 0.717) is 6.54 Å². The molecule has 0 bridgehead atoms. The molecule has 0 saturated heterocycles. The van der Waals surface area contributed by atoms with Crippen LogP contribution in [0.3, 0.4) is 0 Å². The van der Waals surface area contributed by atoms with Gasteiger partial charge in [0.25, 0.3) is 0 Å². The summed E-state index contributed by atoms with van der Waals surface area (Å²) in [6, 6.07) is 3.28. The Kier molecular flexibility index (Phi) is 4.66. The molecule has 0 atom stereocenters. The minimum absolute atomic E-state index is 0.113. The smallest absolute Gasteiger partial charge is 0.221 e. The third-order valence-electron chi connectivity index (χ3n) is 2.30. The first kappa shape index (κ1) is 14.4. The number of nitrogen functional groups attached to an aromatic ring is 1. The molecule has 1 aromatic carbocycles. The molecule has 1 rings (SSSR count). The van der Waals surface area contributed by atoms with Gasteiger partial charge in [0.15, 0.2) is 9.84 Å². The number of benzene rings is 1. The molecule has 1 amide bonds. The molecular weight excluding hydrogens is 259 g/mol. The van der Waals surface area contributed by atoms with E-state index in [1.165, 1.54) is 12.1 Å². The third kappa shape index (κ3) is 3.69. The van der Waals surface area contributed by atoms with Crippen LogP contribution in [0.2, 0.25) is 0 Å². The number of rotatable bonds is 5.